The summed E-state index contributed by atoms with van der Waals surface area (Å²) >= 11 is 0. The molecule has 26 heavy (non-hydrogen) atoms. The lowest BCUT2D eigenvalue weighted by molar-refractivity contribution is -0.100. The number of aliphatic imine (C=N–C) groups is 1. The molecule has 5 aliphatic rings. The summed E-state index contributed by atoms with van der Waals surface area (Å²) in [5.41, 5.74) is 2.08. The van der Waals surface area contributed by atoms with Gasteiger partial charge in [-0.25, -0.2) is 4.79 Å². The molecule has 1 aromatic carbocycles. The molecule has 136 valence electrons. The van der Waals surface area contributed by atoms with E-state index in [4.69, 9.17) is 9.73 Å². The average Bonchev–Trinajstić information content (AvgIpc) is 3.15. The van der Waals surface area contributed by atoms with Crippen LogP contribution in [0.15, 0.2) is 29.3 Å². The van der Waals surface area contributed by atoms with Crippen molar-refractivity contribution in [1.29, 1.82) is 0 Å². The zero-order valence-electron chi connectivity index (χ0n) is 15.4. The number of rotatable bonds is 0. The van der Waals surface area contributed by atoms with E-state index in [9.17, 15) is 4.79 Å². The first-order valence-corrected chi connectivity index (χ1v) is 9.89. The van der Waals surface area contributed by atoms with Crippen molar-refractivity contribution in [2.75, 3.05) is 13.1 Å². The van der Waals surface area contributed by atoms with Crippen molar-refractivity contribution in [2.24, 2.45) is 16.3 Å². The third-order valence-corrected chi connectivity index (χ3v) is 7.78. The quantitative estimate of drug-likeness (QED) is 0.780. The van der Waals surface area contributed by atoms with Crippen molar-refractivity contribution in [2.45, 2.75) is 56.7 Å². The summed E-state index contributed by atoms with van der Waals surface area (Å²) < 4.78 is 6.09. The van der Waals surface area contributed by atoms with E-state index in [0.29, 0.717) is 12.0 Å². The lowest BCUT2D eigenvalue weighted by atomic mass is 9.50. The number of alkyl carbamates (subject to hydrolysis) is 1. The number of carbonyl (C=O) groups excluding carboxylic acids is 1. The monoisotopic (exact) mass is 351 g/mol. The molecule has 0 aromatic heterocycles. The molecule has 1 saturated carbocycles. The van der Waals surface area contributed by atoms with E-state index in [1.54, 1.807) is 0 Å². The maximum atomic E-state index is 12.8. The molecule has 4 aliphatic heterocycles. The Hall–Kier alpha value is -1.88. The van der Waals surface area contributed by atoms with Crippen LogP contribution >= 0.6 is 0 Å². The molecule has 1 amide bonds. The molecule has 6 rings (SSSR count). The fraction of sp³-hybridized carbons (Fsp3) is 0.619. The molecule has 4 atom stereocenters. The van der Waals surface area contributed by atoms with E-state index in [2.05, 4.69) is 36.2 Å². The molecule has 3 saturated heterocycles. The first-order chi connectivity index (χ1) is 12.4. The highest BCUT2D eigenvalue weighted by Gasteiger charge is 2.70. The van der Waals surface area contributed by atoms with Gasteiger partial charge in [0.05, 0.1) is 16.9 Å². The summed E-state index contributed by atoms with van der Waals surface area (Å²) in [4.78, 5) is 20.4. The van der Waals surface area contributed by atoms with Crippen LogP contribution in [-0.4, -0.2) is 41.4 Å². The van der Waals surface area contributed by atoms with Crippen molar-refractivity contribution < 1.29 is 9.53 Å². The molecule has 4 heterocycles. The van der Waals surface area contributed by atoms with Gasteiger partial charge in [-0.15, -0.1) is 0 Å². The SMILES string of the molecule is CC1(C)C2=Nc3ccccc3C23CC2(CN4CCCC4CC21)NC(=O)O3. The van der Waals surface area contributed by atoms with Crippen molar-refractivity contribution in [3.63, 3.8) is 0 Å². The van der Waals surface area contributed by atoms with Gasteiger partial charge in [0.2, 0.25) is 0 Å². The molecule has 2 spiro atoms. The van der Waals surface area contributed by atoms with Gasteiger partial charge in [-0.2, -0.15) is 0 Å². The molecule has 4 fully saturated rings. The standard InChI is InChI=1S/C21H25N3O2/c1-19(2)16-10-13-6-5-9-24(13)12-20(16)11-21(26-18(25)23-20)14-7-3-4-8-15(14)22-17(19)21/h3-4,7-8,13,16H,5-6,9-12H2,1-2H3,(H,23,25). The molecular formula is C21H25N3O2. The fourth-order valence-electron chi connectivity index (χ4n) is 6.91. The van der Waals surface area contributed by atoms with Crippen LogP contribution in [0.25, 0.3) is 0 Å². The van der Waals surface area contributed by atoms with Gasteiger partial charge in [-0.1, -0.05) is 32.0 Å². The van der Waals surface area contributed by atoms with Crippen LogP contribution in [-0.2, 0) is 10.3 Å². The van der Waals surface area contributed by atoms with Crippen molar-refractivity contribution >= 4 is 17.5 Å². The molecule has 1 aromatic rings. The van der Waals surface area contributed by atoms with Crippen LogP contribution in [0.2, 0.25) is 0 Å². The summed E-state index contributed by atoms with van der Waals surface area (Å²) in [6, 6.07) is 8.85. The third kappa shape index (κ3) is 1.62. The Morgan fingerprint density at radius 1 is 1.31 bits per heavy atom. The summed E-state index contributed by atoms with van der Waals surface area (Å²) in [7, 11) is 0. The van der Waals surface area contributed by atoms with Gasteiger partial charge in [-0.05, 0) is 37.8 Å². The number of para-hydroxylation sites is 1. The number of ether oxygens (including phenoxy) is 1. The van der Waals surface area contributed by atoms with Gasteiger partial charge in [0.1, 0.15) is 0 Å². The smallest absolute Gasteiger partial charge is 0.408 e. The molecule has 4 unspecified atom stereocenters. The Kier molecular flexibility index (Phi) is 2.63. The molecule has 5 heteroatoms. The Morgan fingerprint density at radius 3 is 3.04 bits per heavy atom. The summed E-state index contributed by atoms with van der Waals surface area (Å²) in [5, 5.41) is 3.31. The predicted molar refractivity (Wildman–Crippen MR) is 98.7 cm³/mol. The van der Waals surface area contributed by atoms with E-state index in [0.717, 1.165) is 42.9 Å². The number of nitrogens with one attached hydrogen (secondary N) is 1. The molecule has 0 radical (unpaired) electrons. The minimum Gasteiger partial charge on any atom is -0.432 e. The van der Waals surface area contributed by atoms with Gasteiger partial charge < -0.3 is 10.1 Å². The average molecular weight is 351 g/mol. The molecule has 5 nitrogen and oxygen atoms in total. The second-order valence-electron chi connectivity index (χ2n) is 9.43. The lowest BCUT2D eigenvalue weighted by Gasteiger charge is -2.64. The first kappa shape index (κ1) is 15.2. The van der Waals surface area contributed by atoms with Crippen LogP contribution in [0.4, 0.5) is 10.5 Å². The molecule has 2 bridgehead atoms. The highest BCUT2D eigenvalue weighted by molar-refractivity contribution is 6.07. The Bertz CT molecular complexity index is 863. The predicted octanol–water partition coefficient (Wildman–Crippen LogP) is 3.36. The summed E-state index contributed by atoms with van der Waals surface area (Å²) in [6.45, 7) is 6.73. The second kappa shape index (κ2) is 4.50. The van der Waals surface area contributed by atoms with Crippen LogP contribution in [0.5, 0.6) is 0 Å². The van der Waals surface area contributed by atoms with E-state index in [1.807, 2.05) is 12.1 Å². The van der Waals surface area contributed by atoms with Crippen LogP contribution < -0.4 is 5.32 Å². The first-order valence-electron chi connectivity index (χ1n) is 9.89. The van der Waals surface area contributed by atoms with Gasteiger partial charge in [0.25, 0.3) is 0 Å². The van der Waals surface area contributed by atoms with Crippen LogP contribution in [0, 0.1) is 11.3 Å². The zero-order valence-corrected chi connectivity index (χ0v) is 15.4. The number of piperidine rings is 1. The number of benzene rings is 1. The van der Waals surface area contributed by atoms with E-state index >= 15 is 0 Å². The Morgan fingerprint density at radius 2 is 2.15 bits per heavy atom. The highest BCUT2D eigenvalue weighted by atomic mass is 16.6. The lowest BCUT2D eigenvalue weighted by Crippen LogP contribution is -2.77. The van der Waals surface area contributed by atoms with E-state index < -0.39 is 5.60 Å². The normalized spacial score (nSPS) is 41.9. The van der Waals surface area contributed by atoms with Gasteiger partial charge >= 0.3 is 6.09 Å². The third-order valence-electron chi connectivity index (χ3n) is 7.78. The Labute approximate surface area is 153 Å². The molecule has 1 N–H and O–H groups in total. The fourth-order valence-corrected chi connectivity index (χ4v) is 6.91. The van der Waals surface area contributed by atoms with Gasteiger partial charge in [-0.3, -0.25) is 9.89 Å². The summed E-state index contributed by atoms with van der Waals surface area (Å²) in [5.74, 6) is 0.392. The zero-order chi connectivity index (χ0) is 17.7. The van der Waals surface area contributed by atoms with E-state index in [-0.39, 0.29) is 17.0 Å². The van der Waals surface area contributed by atoms with Crippen LogP contribution in [0.3, 0.4) is 0 Å². The number of fused-ring (bicyclic) bond motifs is 2. The second-order valence-corrected chi connectivity index (χ2v) is 9.43. The number of carbonyl (C=O) groups is 1. The minimum absolute atomic E-state index is 0.111. The topological polar surface area (TPSA) is 53.9 Å². The van der Waals surface area contributed by atoms with Crippen LogP contribution in [0.1, 0.15) is 45.1 Å². The maximum absolute atomic E-state index is 12.8. The van der Waals surface area contributed by atoms with Crippen molar-refractivity contribution in [3.05, 3.63) is 29.8 Å². The maximum Gasteiger partial charge on any atom is 0.408 e. The molecule has 1 aliphatic carbocycles. The largest absolute Gasteiger partial charge is 0.432 e. The number of amides is 1. The number of hydrogen-bond donors (Lipinski definition) is 1. The van der Waals surface area contributed by atoms with Gasteiger partial charge in [0.15, 0.2) is 5.60 Å². The number of hydrogen-bond acceptors (Lipinski definition) is 4. The van der Waals surface area contributed by atoms with Crippen molar-refractivity contribution in [1.82, 2.24) is 10.2 Å². The van der Waals surface area contributed by atoms with E-state index in [1.165, 1.54) is 12.8 Å². The minimum atomic E-state index is -0.689. The molecular weight excluding hydrogens is 326 g/mol. The number of nitrogens with zero attached hydrogens (tertiary/aromatic N) is 2. The van der Waals surface area contributed by atoms with Gasteiger partial charge in [0, 0.05) is 30.0 Å². The Balaban J connectivity index is 1.58. The highest BCUT2D eigenvalue weighted by Crippen LogP contribution is 2.62. The van der Waals surface area contributed by atoms with Crippen molar-refractivity contribution in [3.8, 4) is 0 Å². The summed E-state index contributed by atoms with van der Waals surface area (Å²) in [6.07, 6.45) is 4.22.